The second-order valence-corrected chi connectivity index (χ2v) is 5.75. The Morgan fingerprint density at radius 1 is 0.957 bits per heavy atom. The summed E-state index contributed by atoms with van der Waals surface area (Å²) in [7, 11) is 1.49. The molecular formula is C16H13Cl3O4. The third-order valence-electron chi connectivity index (χ3n) is 2.89. The van der Waals surface area contributed by atoms with Crippen LogP contribution in [0.3, 0.4) is 0 Å². The molecule has 0 aliphatic carbocycles. The largest absolute Gasteiger partial charge is 0.493 e. The summed E-state index contributed by atoms with van der Waals surface area (Å²) in [4.78, 5) is 12.1. The van der Waals surface area contributed by atoms with E-state index in [1.54, 1.807) is 24.3 Å². The highest BCUT2D eigenvalue weighted by atomic mass is 35.5. The summed E-state index contributed by atoms with van der Waals surface area (Å²) in [5.74, 6) is 0.387. The molecule has 0 aromatic heterocycles. The van der Waals surface area contributed by atoms with Crippen molar-refractivity contribution in [3.8, 4) is 17.2 Å². The molecule has 0 unspecified atom stereocenters. The fourth-order valence-electron chi connectivity index (χ4n) is 1.73. The average molecular weight is 376 g/mol. The van der Waals surface area contributed by atoms with Gasteiger partial charge in [0.25, 0.3) is 0 Å². The van der Waals surface area contributed by atoms with E-state index in [0.29, 0.717) is 16.5 Å². The topological polar surface area (TPSA) is 44.8 Å². The molecule has 0 radical (unpaired) electrons. The van der Waals surface area contributed by atoms with Crippen LogP contribution in [-0.4, -0.2) is 19.2 Å². The number of rotatable bonds is 5. The van der Waals surface area contributed by atoms with E-state index in [1.165, 1.54) is 26.2 Å². The number of halogens is 3. The maximum Gasteiger partial charge on any atom is 0.352 e. The second-order valence-electron chi connectivity index (χ2n) is 4.53. The van der Waals surface area contributed by atoms with Gasteiger partial charge in [-0.05, 0) is 25.1 Å². The van der Waals surface area contributed by atoms with Gasteiger partial charge < -0.3 is 14.2 Å². The van der Waals surface area contributed by atoms with Crippen LogP contribution in [0.25, 0.3) is 0 Å². The minimum atomic E-state index is -0.908. The first-order chi connectivity index (χ1) is 10.9. The van der Waals surface area contributed by atoms with Gasteiger partial charge in [-0.15, -0.1) is 0 Å². The molecule has 2 aromatic rings. The Hall–Kier alpha value is -1.62. The Kier molecular flexibility index (Phi) is 5.99. The molecule has 23 heavy (non-hydrogen) atoms. The van der Waals surface area contributed by atoms with Gasteiger partial charge >= 0.3 is 5.97 Å². The summed E-state index contributed by atoms with van der Waals surface area (Å²) in [5.41, 5.74) is 0. The van der Waals surface area contributed by atoms with Crippen LogP contribution in [0.4, 0.5) is 0 Å². The van der Waals surface area contributed by atoms with Gasteiger partial charge in [0, 0.05) is 6.07 Å². The van der Waals surface area contributed by atoms with Crippen molar-refractivity contribution in [3.05, 3.63) is 51.5 Å². The number of para-hydroxylation sites is 2. The normalized spacial score (nSPS) is 11.7. The van der Waals surface area contributed by atoms with Crippen molar-refractivity contribution >= 4 is 40.8 Å². The minimum Gasteiger partial charge on any atom is -0.493 e. The lowest BCUT2D eigenvalue weighted by atomic mass is 10.3. The molecule has 0 aliphatic heterocycles. The van der Waals surface area contributed by atoms with Crippen molar-refractivity contribution < 1.29 is 19.0 Å². The first-order valence-electron chi connectivity index (χ1n) is 6.58. The molecule has 0 fully saturated rings. The van der Waals surface area contributed by atoms with Crippen LogP contribution in [0.5, 0.6) is 17.2 Å². The molecule has 0 saturated heterocycles. The molecule has 1 atom stereocenters. The monoisotopic (exact) mass is 374 g/mol. The van der Waals surface area contributed by atoms with Crippen molar-refractivity contribution in [2.45, 2.75) is 13.0 Å². The second kappa shape index (κ2) is 7.77. The molecule has 122 valence electrons. The van der Waals surface area contributed by atoms with Crippen molar-refractivity contribution in [3.63, 3.8) is 0 Å². The predicted molar refractivity (Wildman–Crippen MR) is 90.2 cm³/mol. The summed E-state index contributed by atoms with van der Waals surface area (Å²) in [6.45, 7) is 1.54. The van der Waals surface area contributed by atoms with Crippen LogP contribution in [0, 0.1) is 0 Å². The molecule has 0 aliphatic rings. The van der Waals surface area contributed by atoms with Crippen molar-refractivity contribution in [1.29, 1.82) is 0 Å². The molecule has 2 aromatic carbocycles. The van der Waals surface area contributed by atoms with E-state index in [1.807, 2.05) is 0 Å². The van der Waals surface area contributed by atoms with E-state index >= 15 is 0 Å². The van der Waals surface area contributed by atoms with E-state index in [-0.39, 0.29) is 15.8 Å². The van der Waals surface area contributed by atoms with Crippen LogP contribution in [0.1, 0.15) is 6.92 Å². The zero-order chi connectivity index (χ0) is 17.0. The van der Waals surface area contributed by atoms with Crippen molar-refractivity contribution in [2.75, 3.05) is 7.11 Å². The first-order valence-corrected chi connectivity index (χ1v) is 7.71. The summed E-state index contributed by atoms with van der Waals surface area (Å²) >= 11 is 17.8. The maximum absolute atomic E-state index is 12.1. The van der Waals surface area contributed by atoms with Gasteiger partial charge in [-0.3, -0.25) is 0 Å². The fourth-order valence-corrected chi connectivity index (χ4v) is 2.31. The fraction of sp³-hybridized carbons (Fsp3) is 0.188. The van der Waals surface area contributed by atoms with Gasteiger partial charge in [0.05, 0.1) is 22.2 Å². The molecule has 0 N–H and O–H groups in total. The van der Waals surface area contributed by atoms with Crippen LogP contribution in [0.15, 0.2) is 36.4 Å². The van der Waals surface area contributed by atoms with E-state index < -0.39 is 12.1 Å². The van der Waals surface area contributed by atoms with Gasteiger partial charge in [0.15, 0.2) is 17.6 Å². The van der Waals surface area contributed by atoms with Crippen LogP contribution in [-0.2, 0) is 4.79 Å². The predicted octanol–water partition coefficient (Wildman–Crippen LogP) is 5.03. The lowest BCUT2D eigenvalue weighted by molar-refractivity contribution is -0.141. The van der Waals surface area contributed by atoms with Crippen molar-refractivity contribution in [2.24, 2.45) is 0 Å². The maximum atomic E-state index is 12.1. The molecule has 7 heteroatoms. The lowest BCUT2D eigenvalue weighted by Gasteiger charge is -2.16. The zero-order valence-corrected chi connectivity index (χ0v) is 14.6. The lowest BCUT2D eigenvalue weighted by Crippen LogP contribution is -2.28. The number of carbonyl (C=O) groups is 1. The molecule has 0 spiro atoms. The quantitative estimate of drug-likeness (QED) is 0.418. The van der Waals surface area contributed by atoms with Gasteiger partial charge in [-0.1, -0.05) is 46.9 Å². The van der Waals surface area contributed by atoms with Gasteiger partial charge in [0.1, 0.15) is 5.75 Å². The molecule has 0 heterocycles. The summed E-state index contributed by atoms with van der Waals surface area (Å²) < 4.78 is 15.9. The Bertz CT molecular complexity index is 718. The van der Waals surface area contributed by atoms with E-state index in [2.05, 4.69) is 0 Å². The Balaban J connectivity index is 2.10. The van der Waals surface area contributed by atoms with Gasteiger partial charge in [0.2, 0.25) is 0 Å². The highest BCUT2D eigenvalue weighted by Gasteiger charge is 2.20. The van der Waals surface area contributed by atoms with E-state index in [4.69, 9.17) is 49.0 Å². The Morgan fingerprint density at radius 2 is 1.57 bits per heavy atom. The first kappa shape index (κ1) is 17.7. The summed E-state index contributed by atoms with van der Waals surface area (Å²) in [6.07, 6.45) is -0.908. The van der Waals surface area contributed by atoms with E-state index in [9.17, 15) is 4.79 Å². The minimum absolute atomic E-state index is 0.241. The molecule has 0 bridgehead atoms. The molecule has 0 saturated carbocycles. The highest BCUT2D eigenvalue weighted by Crippen LogP contribution is 2.34. The van der Waals surface area contributed by atoms with Crippen LogP contribution in [0.2, 0.25) is 15.1 Å². The number of ether oxygens (including phenoxy) is 3. The van der Waals surface area contributed by atoms with Gasteiger partial charge in [-0.25, -0.2) is 4.79 Å². The van der Waals surface area contributed by atoms with Crippen LogP contribution >= 0.6 is 34.8 Å². The highest BCUT2D eigenvalue weighted by molar-refractivity contribution is 6.43. The zero-order valence-electron chi connectivity index (χ0n) is 12.3. The third-order valence-corrected chi connectivity index (χ3v) is 3.91. The Labute approximate surface area is 148 Å². The molecular weight excluding hydrogens is 363 g/mol. The number of benzene rings is 2. The molecule has 0 amide bonds. The van der Waals surface area contributed by atoms with E-state index in [0.717, 1.165) is 0 Å². The SMILES string of the molecule is COc1ccccc1OC(=O)[C@@H](C)Oc1cc(Cl)c(Cl)cc1Cl. The number of carbonyl (C=O) groups excluding carboxylic acids is 1. The summed E-state index contributed by atoms with van der Waals surface area (Å²) in [6, 6.07) is 9.69. The van der Waals surface area contributed by atoms with Crippen molar-refractivity contribution in [1.82, 2.24) is 0 Å². The molecule has 4 nitrogen and oxygen atoms in total. The average Bonchev–Trinajstić information content (AvgIpc) is 2.53. The summed E-state index contributed by atoms with van der Waals surface area (Å²) in [5, 5.41) is 0.820. The number of esters is 1. The smallest absolute Gasteiger partial charge is 0.352 e. The number of hydrogen-bond donors (Lipinski definition) is 0. The molecule has 2 rings (SSSR count). The number of methoxy groups -OCH3 is 1. The Morgan fingerprint density at radius 3 is 2.22 bits per heavy atom. The number of hydrogen-bond acceptors (Lipinski definition) is 4. The van der Waals surface area contributed by atoms with Crippen LogP contribution < -0.4 is 14.2 Å². The third kappa shape index (κ3) is 4.44. The standard InChI is InChI=1S/C16H13Cl3O4/c1-9(22-15-8-11(18)10(17)7-12(15)19)16(20)23-14-6-4-3-5-13(14)21-2/h3-9H,1-2H3/t9-/m1/s1. The van der Waals surface area contributed by atoms with Gasteiger partial charge in [-0.2, -0.15) is 0 Å².